The van der Waals surface area contributed by atoms with Crippen molar-refractivity contribution in [1.29, 1.82) is 0 Å². The van der Waals surface area contributed by atoms with Gasteiger partial charge in [0, 0.05) is 38.8 Å². The van der Waals surface area contributed by atoms with Gasteiger partial charge in [-0.25, -0.2) is 4.39 Å². The summed E-state index contributed by atoms with van der Waals surface area (Å²) in [6, 6.07) is 17.2. The van der Waals surface area contributed by atoms with Gasteiger partial charge in [-0.15, -0.1) is 0 Å². The van der Waals surface area contributed by atoms with E-state index in [1.165, 1.54) is 23.8 Å². The van der Waals surface area contributed by atoms with Crippen molar-refractivity contribution >= 4 is 5.91 Å². The van der Waals surface area contributed by atoms with Crippen LogP contribution in [0.15, 0.2) is 76.1 Å². The summed E-state index contributed by atoms with van der Waals surface area (Å²) in [5.41, 5.74) is 1.53. The predicted octanol–water partition coefficient (Wildman–Crippen LogP) is 3.32. The summed E-state index contributed by atoms with van der Waals surface area (Å²) in [5.74, 6) is -0.641. The van der Waals surface area contributed by atoms with E-state index in [-0.39, 0.29) is 29.8 Å². The molecule has 0 unspecified atom stereocenters. The lowest BCUT2D eigenvalue weighted by molar-refractivity contribution is 0.0594. The Bertz CT molecular complexity index is 1070. The SMILES string of the molecule is O=C(c1cc(=O)c(OCc2ccc(F)cc2)co1)N1CCN(Cc2ccccc2)CC1. The summed E-state index contributed by atoms with van der Waals surface area (Å²) < 4.78 is 23.8. The van der Waals surface area contributed by atoms with Crippen molar-refractivity contribution in [3.05, 3.63) is 99.9 Å². The van der Waals surface area contributed by atoms with Crippen LogP contribution in [0.2, 0.25) is 0 Å². The Hall–Kier alpha value is -3.45. The van der Waals surface area contributed by atoms with E-state index in [0.29, 0.717) is 18.7 Å². The number of hydrogen-bond acceptors (Lipinski definition) is 5. The molecule has 0 aliphatic carbocycles. The zero-order valence-corrected chi connectivity index (χ0v) is 17.0. The molecule has 0 N–H and O–H groups in total. The van der Waals surface area contributed by atoms with Crippen LogP contribution >= 0.6 is 0 Å². The minimum Gasteiger partial charge on any atom is -0.482 e. The maximum absolute atomic E-state index is 13.0. The Morgan fingerprint density at radius 1 is 0.968 bits per heavy atom. The van der Waals surface area contributed by atoms with Crippen molar-refractivity contribution in [2.75, 3.05) is 26.2 Å². The standard InChI is InChI=1S/C24H23FN2O4/c25-20-8-6-19(7-9-20)16-30-23-17-31-22(14-21(23)28)24(29)27-12-10-26(11-13-27)15-18-4-2-1-3-5-18/h1-9,14,17H,10-13,15-16H2. The average Bonchev–Trinajstić information content (AvgIpc) is 2.80. The first kappa shape index (κ1) is 20.8. The minimum absolute atomic E-state index is 0.00404. The Morgan fingerprint density at radius 3 is 2.35 bits per heavy atom. The first-order chi connectivity index (χ1) is 15.1. The molecule has 1 aromatic heterocycles. The van der Waals surface area contributed by atoms with E-state index in [0.717, 1.165) is 25.9 Å². The van der Waals surface area contributed by atoms with Crippen molar-refractivity contribution in [2.24, 2.45) is 0 Å². The van der Waals surface area contributed by atoms with Crippen LogP contribution in [0.4, 0.5) is 4.39 Å². The molecule has 160 valence electrons. The van der Waals surface area contributed by atoms with E-state index in [2.05, 4.69) is 17.0 Å². The van der Waals surface area contributed by atoms with Crippen molar-refractivity contribution in [2.45, 2.75) is 13.2 Å². The molecule has 7 heteroatoms. The second-order valence-electron chi connectivity index (χ2n) is 7.44. The lowest BCUT2D eigenvalue weighted by Crippen LogP contribution is -2.48. The summed E-state index contributed by atoms with van der Waals surface area (Å²) in [4.78, 5) is 29.1. The van der Waals surface area contributed by atoms with Crippen LogP contribution in [-0.2, 0) is 13.2 Å². The highest BCUT2D eigenvalue weighted by Gasteiger charge is 2.24. The van der Waals surface area contributed by atoms with Crippen molar-refractivity contribution in [3.8, 4) is 5.75 Å². The van der Waals surface area contributed by atoms with Crippen LogP contribution in [0.5, 0.6) is 5.75 Å². The molecule has 1 fully saturated rings. The Kier molecular flexibility index (Phi) is 6.43. The number of halogens is 1. The normalized spacial score (nSPS) is 14.4. The zero-order chi connectivity index (χ0) is 21.6. The second kappa shape index (κ2) is 9.57. The Labute approximate surface area is 179 Å². The molecule has 1 aliphatic rings. The molecule has 6 nitrogen and oxygen atoms in total. The molecule has 1 saturated heterocycles. The van der Waals surface area contributed by atoms with Gasteiger partial charge in [0.05, 0.1) is 0 Å². The van der Waals surface area contributed by atoms with Crippen molar-refractivity contribution < 1.29 is 18.3 Å². The molecule has 31 heavy (non-hydrogen) atoms. The lowest BCUT2D eigenvalue weighted by atomic mass is 10.2. The molecule has 2 aromatic carbocycles. The first-order valence-corrected chi connectivity index (χ1v) is 10.1. The number of ether oxygens (including phenoxy) is 1. The molecule has 3 aromatic rings. The molecule has 4 rings (SSSR count). The number of hydrogen-bond donors (Lipinski definition) is 0. The maximum atomic E-state index is 13.0. The fourth-order valence-corrected chi connectivity index (χ4v) is 3.46. The van der Waals surface area contributed by atoms with E-state index in [1.807, 2.05) is 18.2 Å². The van der Waals surface area contributed by atoms with Gasteiger partial charge in [-0.3, -0.25) is 14.5 Å². The van der Waals surface area contributed by atoms with E-state index < -0.39 is 5.43 Å². The monoisotopic (exact) mass is 422 g/mol. The molecule has 0 bridgehead atoms. The summed E-state index contributed by atoms with van der Waals surface area (Å²) >= 11 is 0. The molecule has 1 aliphatic heterocycles. The van der Waals surface area contributed by atoms with Gasteiger partial charge in [-0.1, -0.05) is 42.5 Å². The van der Waals surface area contributed by atoms with Crippen LogP contribution < -0.4 is 10.2 Å². The Balaban J connectivity index is 1.32. The first-order valence-electron chi connectivity index (χ1n) is 10.1. The molecular formula is C24H23FN2O4. The van der Waals surface area contributed by atoms with Gasteiger partial charge in [0.2, 0.25) is 11.2 Å². The zero-order valence-electron chi connectivity index (χ0n) is 17.0. The van der Waals surface area contributed by atoms with Crippen molar-refractivity contribution in [1.82, 2.24) is 9.80 Å². The van der Waals surface area contributed by atoms with E-state index in [1.54, 1.807) is 17.0 Å². The number of carbonyl (C=O) groups excluding carboxylic acids is 1. The number of benzene rings is 2. The fraction of sp³-hybridized carbons (Fsp3) is 0.250. The summed E-state index contributed by atoms with van der Waals surface area (Å²) in [6.45, 7) is 3.59. The molecule has 1 amide bonds. The van der Waals surface area contributed by atoms with Gasteiger partial charge in [-0.2, -0.15) is 0 Å². The van der Waals surface area contributed by atoms with Gasteiger partial charge in [-0.05, 0) is 23.3 Å². The fourth-order valence-electron chi connectivity index (χ4n) is 3.46. The summed E-state index contributed by atoms with van der Waals surface area (Å²) in [5, 5.41) is 0. The van der Waals surface area contributed by atoms with Gasteiger partial charge < -0.3 is 14.1 Å². The molecule has 0 spiro atoms. The quantitative estimate of drug-likeness (QED) is 0.610. The third kappa shape index (κ3) is 5.38. The molecule has 0 radical (unpaired) electrons. The van der Waals surface area contributed by atoms with E-state index in [9.17, 15) is 14.0 Å². The number of rotatable bonds is 6. The molecule has 0 atom stereocenters. The maximum Gasteiger partial charge on any atom is 0.289 e. The van der Waals surface area contributed by atoms with Crippen LogP contribution in [-0.4, -0.2) is 41.9 Å². The lowest BCUT2D eigenvalue weighted by Gasteiger charge is -2.34. The van der Waals surface area contributed by atoms with Crippen molar-refractivity contribution in [3.63, 3.8) is 0 Å². The molecule has 0 saturated carbocycles. The van der Waals surface area contributed by atoms with Gasteiger partial charge in [0.15, 0.2) is 5.76 Å². The smallest absolute Gasteiger partial charge is 0.289 e. The third-order valence-electron chi connectivity index (χ3n) is 5.22. The number of piperazine rings is 1. The summed E-state index contributed by atoms with van der Waals surface area (Å²) in [7, 11) is 0. The largest absolute Gasteiger partial charge is 0.482 e. The van der Waals surface area contributed by atoms with Crippen LogP contribution in [0.1, 0.15) is 21.7 Å². The van der Waals surface area contributed by atoms with Gasteiger partial charge in [0.1, 0.15) is 18.7 Å². The Morgan fingerprint density at radius 2 is 1.68 bits per heavy atom. The summed E-state index contributed by atoms with van der Waals surface area (Å²) in [6.07, 6.45) is 1.16. The second-order valence-corrected chi connectivity index (χ2v) is 7.44. The third-order valence-corrected chi connectivity index (χ3v) is 5.22. The predicted molar refractivity (Wildman–Crippen MR) is 113 cm³/mol. The highest BCUT2D eigenvalue weighted by Crippen LogP contribution is 2.14. The van der Waals surface area contributed by atoms with Gasteiger partial charge in [0.25, 0.3) is 5.91 Å². The van der Waals surface area contributed by atoms with Crippen LogP contribution in [0, 0.1) is 5.82 Å². The van der Waals surface area contributed by atoms with E-state index >= 15 is 0 Å². The molecular weight excluding hydrogens is 399 g/mol. The number of carbonyl (C=O) groups is 1. The van der Waals surface area contributed by atoms with Crippen LogP contribution in [0.3, 0.4) is 0 Å². The average molecular weight is 422 g/mol. The molecule has 2 heterocycles. The number of amides is 1. The minimum atomic E-state index is -0.431. The highest BCUT2D eigenvalue weighted by molar-refractivity contribution is 5.91. The van der Waals surface area contributed by atoms with Crippen LogP contribution in [0.25, 0.3) is 0 Å². The highest BCUT2D eigenvalue weighted by atomic mass is 19.1. The van der Waals surface area contributed by atoms with Gasteiger partial charge >= 0.3 is 0 Å². The van der Waals surface area contributed by atoms with E-state index in [4.69, 9.17) is 9.15 Å². The number of nitrogens with zero attached hydrogens (tertiary/aromatic N) is 2. The topological polar surface area (TPSA) is 63.0 Å².